The van der Waals surface area contributed by atoms with Crippen molar-refractivity contribution in [3.63, 3.8) is 0 Å². The van der Waals surface area contributed by atoms with E-state index >= 15 is 0 Å². The number of aryl methyl sites for hydroxylation is 1. The SMILES string of the molecule is O[C@@H]1[C@H](O)[C@@H](OCc2ccccc2)[C@@H](O)[C@H](OCCCCn2cnc3c(Cl)ncnc32)[C@@H]1OCc1ccccc1. The van der Waals surface area contributed by atoms with Gasteiger partial charge >= 0.3 is 0 Å². The highest BCUT2D eigenvalue weighted by atomic mass is 35.5. The molecule has 1 saturated carbocycles. The number of imidazole rings is 1. The highest BCUT2D eigenvalue weighted by molar-refractivity contribution is 6.33. The monoisotopic (exact) mass is 568 g/mol. The molecule has 0 spiro atoms. The van der Waals surface area contributed by atoms with Gasteiger partial charge in [-0.25, -0.2) is 15.0 Å². The zero-order valence-electron chi connectivity index (χ0n) is 21.9. The lowest BCUT2D eigenvalue weighted by Gasteiger charge is -2.45. The Hall–Kier alpha value is -2.96. The Morgan fingerprint density at radius 1 is 0.700 bits per heavy atom. The third-order valence-corrected chi connectivity index (χ3v) is 7.33. The highest BCUT2D eigenvalue weighted by Crippen LogP contribution is 2.30. The summed E-state index contributed by atoms with van der Waals surface area (Å²) in [5.41, 5.74) is 3.00. The minimum atomic E-state index is -1.36. The van der Waals surface area contributed by atoms with E-state index in [-0.39, 0.29) is 13.2 Å². The number of hydrogen-bond acceptors (Lipinski definition) is 9. The predicted molar refractivity (Wildman–Crippen MR) is 147 cm³/mol. The van der Waals surface area contributed by atoms with E-state index < -0.39 is 36.6 Å². The van der Waals surface area contributed by atoms with Crippen molar-refractivity contribution in [3.05, 3.63) is 89.6 Å². The first kappa shape index (κ1) is 28.6. The van der Waals surface area contributed by atoms with Crippen LogP contribution in [0.5, 0.6) is 0 Å². The van der Waals surface area contributed by atoms with Gasteiger partial charge in [0.25, 0.3) is 0 Å². The lowest BCUT2D eigenvalue weighted by Crippen LogP contribution is -2.65. The van der Waals surface area contributed by atoms with Gasteiger partial charge in [-0.05, 0) is 24.0 Å². The molecule has 2 heterocycles. The number of fused-ring (bicyclic) bond motifs is 1. The largest absolute Gasteiger partial charge is 0.387 e. The van der Waals surface area contributed by atoms with Crippen molar-refractivity contribution in [2.45, 2.75) is 69.2 Å². The predicted octanol–water partition coefficient (Wildman–Crippen LogP) is 2.91. The number of ether oxygens (including phenoxy) is 3. The molecule has 0 aliphatic heterocycles. The van der Waals surface area contributed by atoms with Crippen LogP contribution in [0.2, 0.25) is 5.15 Å². The molecule has 0 radical (unpaired) electrons. The van der Waals surface area contributed by atoms with Crippen molar-refractivity contribution in [1.29, 1.82) is 0 Å². The van der Waals surface area contributed by atoms with Crippen molar-refractivity contribution in [2.75, 3.05) is 6.61 Å². The Morgan fingerprint density at radius 3 is 1.98 bits per heavy atom. The van der Waals surface area contributed by atoms with Gasteiger partial charge in [-0.1, -0.05) is 72.3 Å². The van der Waals surface area contributed by atoms with Crippen LogP contribution in [-0.2, 0) is 34.0 Å². The molecule has 0 saturated heterocycles. The summed E-state index contributed by atoms with van der Waals surface area (Å²) in [5, 5.41) is 33.5. The van der Waals surface area contributed by atoms with Crippen LogP contribution in [0.4, 0.5) is 0 Å². The molecule has 5 rings (SSSR count). The van der Waals surface area contributed by atoms with Gasteiger partial charge in [-0.2, -0.15) is 0 Å². The van der Waals surface area contributed by atoms with Crippen LogP contribution in [0, 0.1) is 0 Å². The molecule has 11 heteroatoms. The van der Waals surface area contributed by atoms with Crippen molar-refractivity contribution >= 4 is 22.8 Å². The normalized spacial score (nSPS) is 24.9. The van der Waals surface area contributed by atoms with E-state index in [1.165, 1.54) is 6.33 Å². The van der Waals surface area contributed by atoms with Gasteiger partial charge in [-0.3, -0.25) is 0 Å². The molecule has 0 bridgehead atoms. The van der Waals surface area contributed by atoms with Gasteiger partial charge < -0.3 is 34.1 Å². The molecule has 0 amide bonds. The van der Waals surface area contributed by atoms with Crippen molar-refractivity contribution in [1.82, 2.24) is 19.5 Å². The molecule has 40 heavy (non-hydrogen) atoms. The van der Waals surface area contributed by atoms with Gasteiger partial charge in [-0.15, -0.1) is 0 Å². The molecule has 3 N–H and O–H groups in total. The lowest BCUT2D eigenvalue weighted by atomic mass is 9.84. The molecule has 1 aliphatic rings. The summed E-state index contributed by atoms with van der Waals surface area (Å²) < 4.78 is 20.0. The molecule has 212 valence electrons. The Morgan fingerprint density at radius 2 is 1.30 bits per heavy atom. The summed E-state index contributed by atoms with van der Waals surface area (Å²) in [7, 11) is 0. The molecule has 6 atom stereocenters. The van der Waals surface area contributed by atoms with Gasteiger partial charge in [0, 0.05) is 13.2 Å². The molecule has 2 aromatic carbocycles. The zero-order chi connectivity index (χ0) is 27.9. The van der Waals surface area contributed by atoms with Crippen LogP contribution in [0.3, 0.4) is 0 Å². The zero-order valence-corrected chi connectivity index (χ0v) is 22.6. The first-order chi connectivity index (χ1) is 19.5. The first-order valence-corrected chi connectivity index (χ1v) is 13.7. The molecular formula is C29H33ClN4O6. The maximum Gasteiger partial charge on any atom is 0.164 e. The summed E-state index contributed by atoms with van der Waals surface area (Å²) in [6, 6.07) is 18.9. The van der Waals surface area contributed by atoms with E-state index in [1.54, 1.807) is 6.33 Å². The van der Waals surface area contributed by atoms with Gasteiger partial charge in [0.2, 0.25) is 0 Å². The van der Waals surface area contributed by atoms with E-state index in [9.17, 15) is 15.3 Å². The quantitative estimate of drug-likeness (QED) is 0.174. The number of halogens is 1. The molecular weight excluding hydrogens is 536 g/mol. The standard InChI is InChI=1S/C29H33ClN4O6/c30-28-21-29(32-17-31-28)34(18-33-21)13-7-8-14-38-27-24(37)25(39-15-19-9-3-1-4-10-19)22(35)23(36)26(27)40-16-20-11-5-2-6-12-20/h1-6,9-12,17-18,22-27,35-37H,7-8,13-16H2/t22-,23+,24+,25+,26+,27-/m0/s1. The first-order valence-electron chi connectivity index (χ1n) is 13.3. The fourth-order valence-electron chi connectivity index (χ4n) is 4.90. The fraction of sp³-hybridized carbons (Fsp3) is 0.414. The number of unbranched alkanes of at least 4 members (excludes halogenated alkanes) is 1. The van der Waals surface area contributed by atoms with Crippen LogP contribution in [-0.4, -0.2) is 78.1 Å². The topological polar surface area (TPSA) is 132 Å². The molecule has 2 aromatic heterocycles. The smallest absolute Gasteiger partial charge is 0.164 e. The Bertz CT molecular complexity index is 1340. The van der Waals surface area contributed by atoms with Gasteiger partial charge in [0.1, 0.15) is 48.5 Å². The fourth-order valence-corrected chi connectivity index (χ4v) is 5.08. The number of aliphatic hydroxyl groups is 3. The minimum Gasteiger partial charge on any atom is -0.387 e. The second-order valence-electron chi connectivity index (χ2n) is 9.81. The average molecular weight is 569 g/mol. The second kappa shape index (κ2) is 13.6. The summed E-state index contributed by atoms with van der Waals surface area (Å²) in [6.07, 6.45) is -2.35. The minimum absolute atomic E-state index is 0.168. The number of benzene rings is 2. The van der Waals surface area contributed by atoms with E-state index in [0.717, 1.165) is 17.5 Å². The molecule has 1 aliphatic carbocycles. The van der Waals surface area contributed by atoms with Crippen LogP contribution >= 0.6 is 11.6 Å². The van der Waals surface area contributed by atoms with Gasteiger partial charge in [0.15, 0.2) is 10.8 Å². The molecule has 0 unspecified atom stereocenters. The van der Waals surface area contributed by atoms with Crippen LogP contribution in [0.1, 0.15) is 24.0 Å². The number of aromatic nitrogens is 4. The maximum absolute atomic E-state index is 11.3. The van der Waals surface area contributed by atoms with Crippen LogP contribution in [0.25, 0.3) is 11.2 Å². The van der Waals surface area contributed by atoms with E-state index in [4.69, 9.17) is 25.8 Å². The third kappa shape index (κ3) is 6.67. The Kier molecular flexibility index (Phi) is 9.71. The van der Waals surface area contributed by atoms with Crippen LogP contribution in [0.15, 0.2) is 73.3 Å². The highest BCUT2D eigenvalue weighted by Gasteiger charge is 2.51. The van der Waals surface area contributed by atoms with E-state index in [2.05, 4.69) is 15.0 Å². The van der Waals surface area contributed by atoms with Crippen molar-refractivity contribution in [3.8, 4) is 0 Å². The molecule has 10 nitrogen and oxygen atoms in total. The number of hydrogen-bond donors (Lipinski definition) is 3. The average Bonchev–Trinajstić information content (AvgIpc) is 3.40. The molecule has 1 fully saturated rings. The lowest BCUT2D eigenvalue weighted by molar-refractivity contribution is -0.260. The Balaban J connectivity index is 1.22. The van der Waals surface area contributed by atoms with E-state index in [0.29, 0.717) is 35.9 Å². The summed E-state index contributed by atoms with van der Waals surface area (Å²) in [6.45, 7) is 1.29. The maximum atomic E-state index is 11.3. The second-order valence-corrected chi connectivity index (χ2v) is 10.2. The number of nitrogens with zero attached hydrogens (tertiary/aromatic N) is 4. The summed E-state index contributed by atoms with van der Waals surface area (Å²) >= 11 is 6.09. The summed E-state index contributed by atoms with van der Waals surface area (Å²) in [5.74, 6) is 0. The number of rotatable bonds is 12. The van der Waals surface area contributed by atoms with Crippen molar-refractivity contribution in [2.24, 2.45) is 0 Å². The number of aliphatic hydroxyl groups excluding tert-OH is 3. The Labute approximate surface area is 237 Å². The summed E-state index contributed by atoms with van der Waals surface area (Å²) in [4.78, 5) is 12.5. The van der Waals surface area contributed by atoms with Gasteiger partial charge in [0.05, 0.1) is 19.5 Å². The van der Waals surface area contributed by atoms with Crippen LogP contribution < -0.4 is 0 Å². The molecule has 4 aromatic rings. The van der Waals surface area contributed by atoms with Crippen molar-refractivity contribution < 1.29 is 29.5 Å². The van der Waals surface area contributed by atoms with E-state index in [1.807, 2.05) is 65.2 Å². The third-order valence-electron chi connectivity index (χ3n) is 7.05.